The highest BCUT2D eigenvalue weighted by Gasteiger charge is 2.28. The molecule has 124 valence electrons. The molecule has 1 N–H and O–H groups in total. The summed E-state index contributed by atoms with van der Waals surface area (Å²) in [6, 6.07) is 2.93. The van der Waals surface area contributed by atoms with Crippen LogP contribution in [0.3, 0.4) is 0 Å². The van der Waals surface area contributed by atoms with Crippen LogP contribution in [0.1, 0.15) is 22.2 Å². The summed E-state index contributed by atoms with van der Waals surface area (Å²) in [5.41, 5.74) is 3.04. The van der Waals surface area contributed by atoms with Crippen molar-refractivity contribution in [3.8, 4) is 5.75 Å². The molecule has 2 aromatic rings. The van der Waals surface area contributed by atoms with Gasteiger partial charge in [-0.1, -0.05) is 0 Å². The van der Waals surface area contributed by atoms with Crippen molar-refractivity contribution in [2.45, 2.75) is 19.4 Å². The van der Waals surface area contributed by atoms with Crippen molar-refractivity contribution in [3.63, 3.8) is 0 Å². The van der Waals surface area contributed by atoms with Crippen LogP contribution < -0.4 is 4.74 Å². The Labute approximate surface area is 138 Å². The van der Waals surface area contributed by atoms with Crippen LogP contribution in [-0.4, -0.2) is 41.7 Å². The molecular weight excluding hydrogens is 319 g/mol. The summed E-state index contributed by atoms with van der Waals surface area (Å²) in [6.45, 7) is 2.44. The highest BCUT2D eigenvalue weighted by atomic mass is 32.1. The number of hydrogen-bond donors (Lipinski definition) is 1. The third-order valence-corrected chi connectivity index (χ3v) is 4.69. The molecule has 0 aliphatic heterocycles. The van der Waals surface area contributed by atoms with Crippen molar-refractivity contribution in [2.24, 2.45) is 0 Å². The van der Waals surface area contributed by atoms with Crippen molar-refractivity contribution >= 4 is 17.3 Å². The molecule has 1 aromatic carbocycles. The Morgan fingerprint density at radius 2 is 2.26 bits per heavy atom. The van der Waals surface area contributed by atoms with Crippen molar-refractivity contribution in [3.05, 3.63) is 45.7 Å². The van der Waals surface area contributed by atoms with E-state index in [1.807, 2.05) is 6.92 Å². The molecule has 1 unspecified atom stereocenters. The number of nitrogens with zero attached hydrogens (tertiary/aromatic N) is 2. The lowest BCUT2D eigenvalue weighted by Crippen LogP contribution is -2.32. The number of carboxylic acids is 1. The predicted molar refractivity (Wildman–Crippen MR) is 86.5 cm³/mol. The van der Waals surface area contributed by atoms with Crippen LogP contribution in [0.2, 0.25) is 0 Å². The lowest BCUT2D eigenvalue weighted by atomic mass is 10.0. The van der Waals surface area contributed by atoms with E-state index >= 15 is 0 Å². The molecule has 1 aromatic heterocycles. The molecule has 0 saturated carbocycles. The van der Waals surface area contributed by atoms with Crippen molar-refractivity contribution < 1.29 is 19.0 Å². The quantitative estimate of drug-likeness (QED) is 0.841. The molecule has 0 aliphatic rings. The summed E-state index contributed by atoms with van der Waals surface area (Å²) in [6.07, 6.45) is 0.689. The number of aryl methyl sites for hydroxylation is 1. The van der Waals surface area contributed by atoms with Gasteiger partial charge in [0.05, 0.1) is 18.3 Å². The van der Waals surface area contributed by atoms with E-state index in [9.17, 15) is 14.3 Å². The summed E-state index contributed by atoms with van der Waals surface area (Å²) in [5, 5.41) is 9.59. The Morgan fingerprint density at radius 1 is 1.52 bits per heavy atom. The van der Waals surface area contributed by atoms with Gasteiger partial charge >= 0.3 is 5.97 Å². The minimum absolute atomic E-state index is 0.309. The van der Waals surface area contributed by atoms with Gasteiger partial charge in [-0.2, -0.15) is 0 Å². The Kier molecular flexibility index (Phi) is 5.68. The standard InChI is InChI=1S/C16H19FN2O3S/c1-10-14(23-9-18-10)6-7-19(2)15(16(20)21)12-8-11(17)4-5-13(12)22-3/h4-5,8-9,15H,6-7H2,1-3H3,(H,20,21). The molecule has 23 heavy (non-hydrogen) atoms. The van der Waals surface area contributed by atoms with E-state index in [-0.39, 0.29) is 0 Å². The molecule has 0 radical (unpaired) electrons. The first-order valence-corrected chi connectivity index (χ1v) is 7.97. The van der Waals surface area contributed by atoms with E-state index in [2.05, 4.69) is 4.98 Å². The van der Waals surface area contributed by atoms with Gasteiger partial charge in [-0.3, -0.25) is 9.69 Å². The monoisotopic (exact) mass is 338 g/mol. The number of aromatic nitrogens is 1. The zero-order valence-electron chi connectivity index (χ0n) is 13.2. The fraction of sp³-hybridized carbons (Fsp3) is 0.375. The summed E-state index contributed by atoms with van der Waals surface area (Å²) >= 11 is 1.55. The van der Waals surface area contributed by atoms with Crippen LogP contribution in [0.5, 0.6) is 5.75 Å². The second-order valence-electron chi connectivity index (χ2n) is 5.22. The van der Waals surface area contributed by atoms with Gasteiger partial charge < -0.3 is 9.84 Å². The van der Waals surface area contributed by atoms with Crippen LogP contribution in [0.4, 0.5) is 4.39 Å². The summed E-state index contributed by atoms with van der Waals surface area (Å²) in [5.74, 6) is -1.17. The van der Waals surface area contributed by atoms with Crippen molar-refractivity contribution in [2.75, 3.05) is 20.7 Å². The summed E-state index contributed by atoms with van der Waals surface area (Å²) in [7, 11) is 3.15. The fourth-order valence-corrected chi connectivity index (χ4v) is 3.22. The second-order valence-corrected chi connectivity index (χ2v) is 6.16. The average molecular weight is 338 g/mol. The molecule has 0 fully saturated rings. The summed E-state index contributed by atoms with van der Waals surface area (Å²) < 4.78 is 18.7. The highest BCUT2D eigenvalue weighted by molar-refractivity contribution is 7.09. The number of ether oxygens (including phenoxy) is 1. The van der Waals surface area contributed by atoms with Crippen LogP contribution in [0.15, 0.2) is 23.7 Å². The number of rotatable bonds is 7. The highest BCUT2D eigenvalue weighted by Crippen LogP contribution is 2.30. The van der Waals surface area contributed by atoms with Crippen LogP contribution >= 0.6 is 11.3 Å². The van der Waals surface area contributed by atoms with Gasteiger partial charge in [0.2, 0.25) is 0 Å². The number of likely N-dealkylation sites (N-methyl/N-ethyl adjacent to an activating group) is 1. The first-order valence-electron chi connectivity index (χ1n) is 7.09. The average Bonchev–Trinajstić information content (AvgIpc) is 2.90. The molecule has 0 bridgehead atoms. The van der Waals surface area contributed by atoms with Crippen LogP contribution in [-0.2, 0) is 11.2 Å². The van der Waals surface area contributed by atoms with Gasteiger partial charge in [-0.05, 0) is 38.6 Å². The minimum Gasteiger partial charge on any atom is -0.496 e. The first kappa shape index (κ1) is 17.4. The molecule has 7 heteroatoms. The Bertz CT molecular complexity index is 690. The van der Waals surface area contributed by atoms with Gasteiger partial charge in [-0.15, -0.1) is 11.3 Å². The third kappa shape index (κ3) is 4.05. The van der Waals surface area contributed by atoms with Crippen LogP contribution in [0, 0.1) is 12.7 Å². The number of benzene rings is 1. The van der Waals surface area contributed by atoms with E-state index in [0.29, 0.717) is 24.3 Å². The fourth-order valence-electron chi connectivity index (χ4n) is 2.45. The van der Waals surface area contributed by atoms with Crippen molar-refractivity contribution in [1.82, 2.24) is 9.88 Å². The lowest BCUT2D eigenvalue weighted by Gasteiger charge is -2.26. The van der Waals surface area contributed by atoms with E-state index < -0.39 is 17.8 Å². The van der Waals surface area contributed by atoms with Gasteiger partial charge in [-0.25, -0.2) is 9.37 Å². The summed E-state index contributed by atoms with van der Waals surface area (Å²) in [4.78, 5) is 18.7. The molecule has 0 spiro atoms. The van der Waals surface area contributed by atoms with E-state index in [1.54, 1.807) is 28.8 Å². The molecule has 1 heterocycles. The molecule has 0 amide bonds. The minimum atomic E-state index is -1.04. The van der Waals surface area contributed by atoms with Gasteiger partial charge in [0.25, 0.3) is 0 Å². The lowest BCUT2D eigenvalue weighted by molar-refractivity contribution is -0.143. The molecule has 5 nitrogen and oxygen atoms in total. The maximum absolute atomic E-state index is 13.6. The predicted octanol–water partition coefficient (Wildman–Crippen LogP) is 2.90. The Morgan fingerprint density at radius 3 is 2.83 bits per heavy atom. The normalized spacial score (nSPS) is 12.4. The molecule has 2 rings (SSSR count). The number of carbonyl (C=O) groups is 1. The molecule has 1 atom stereocenters. The molecule has 0 saturated heterocycles. The maximum atomic E-state index is 13.6. The number of halogens is 1. The first-order chi connectivity index (χ1) is 10.9. The number of aliphatic carboxylic acids is 1. The topological polar surface area (TPSA) is 62.7 Å². The Balaban J connectivity index is 2.22. The number of carboxylic acid groups (broad SMARTS) is 1. The van der Waals surface area contributed by atoms with Gasteiger partial charge in [0.1, 0.15) is 17.6 Å². The maximum Gasteiger partial charge on any atom is 0.325 e. The van der Waals surface area contributed by atoms with Gasteiger partial charge in [0.15, 0.2) is 0 Å². The zero-order valence-corrected chi connectivity index (χ0v) is 14.1. The largest absolute Gasteiger partial charge is 0.496 e. The van der Waals surface area contributed by atoms with Crippen LogP contribution in [0.25, 0.3) is 0 Å². The smallest absolute Gasteiger partial charge is 0.325 e. The van der Waals surface area contributed by atoms with E-state index in [1.165, 1.54) is 25.3 Å². The zero-order chi connectivity index (χ0) is 17.0. The second kappa shape index (κ2) is 7.52. The molecular formula is C16H19FN2O3S. The SMILES string of the molecule is COc1ccc(F)cc1C(C(=O)O)N(C)CCc1scnc1C. The van der Waals surface area contributed by atoms with Gasteiger partial charge in [0, 0.05) is 17.0 Å². The Hall–Kier alpha value is -1.99. The number of thiazole rings is 1. The third-order valence-electron chi connectivity index (χ3n) is 3.70. The van der Waals surface area contributed by atoms with E-state index in [0.717, 1.165) is 10.6 Å². The van der Waals surface area contributed by atoms with E-state index in [4.69, 9.17) is 4.74 Å². The number of methoxy groups -OCH3 is 1. The number of hydrogen-bond acceptors (Lipinski definition) is 5. The van der Waals surface area contributed by atoms with Crippen molar-refractivity contribution in [1.29, 1.82) is 0 Å². The molecule has 0 aliphatic carbocycles.